The van der Waals surface area contributed by atoms with Crippen molar-refractivity contribution in [2.45, 2.75) is 22.4 Å². The average Bonchev–Trinajstić information content (AvgIpc) is 2.40. The molecule has 0 saturated heterocycles. The van der Waals surface area contributed by atoms with Crippen molar-refractivity contribution < 1.29 is 14.3 Å². The van der Waals surface area contributed by atoms with E-state index >= 15 is 0 Å². The molecule has 3 N–H and O–H groups in total. The minimum absolute atomic E-state index is 0.158. The van der Waals surface area contributed by atoms with Crippen molar-refractivity contribution in [3.8, 4) is 0 Å². The van der Waals surface area contributed by atoms with Crippen LogP contribution in [0.4, 0.5) is 4.39 Å². The van der Waals surface area contributed by atoms with Gasteiger partial charge in [-0.15, -0.1) is 0 Å². The smallest absolute Gasteiger partial charge is 0.220 e. The maximum Gasteiger partial charge on any atom is 0.220 e. The molecule has 0 saturated carbocycles. The standard InChI is InChI=1S/C11H11FINO2/c12-7-2-1-6-3-9(13)11(16,5-10(14)15)8(6)4-7/h1-2,4,9,16H,3,5H2,(H2,14,15). The molecule has 0 aromatic heterocycles. The SMILES string of the molecule is NC(=O)CC1(O)c2cc(F)ccc2CC1I. The number of fused-ring (bicyclic) bond motifs is 1. The second-order valence-electron chi connectivity index (χ2n) is 4.04. The fourth-order valence-corrected chi connectivity index (χ4v) is 3.16. The van der Waals surface area contributed by atoms with Gasteiger partial charge in [-0.2, -0.15) is 0 Å². The molecule has 16 heavy (non-hydrogen) atoms. The lowest BCUT2D eigenvalue weighted by atomic mass is 9.92. The van der Waals surface area contributed by atoms with Gasteiger partial charge in [0.15, 0.2) is 0 Å². The molecule has 0 radical (unpaired) electrons. The molecule has 0 aliphatic heterocycles. The molecule has 0 heterocycles. The molecule has 1 aromatic carbocycles. The second-order valence-corrected chi connectivity index (χ2v) is 5.54. The Bertz CT molecular complexity index is 452. The molecule has 2 unspecified atom stereocenters. The number of alkyl halides is 1. The quantitative estimate of drug-likeness (QED) is 0.631. The normalized spacial score (nSPS) is 27.8. The topological polar surface area (TPSA) is 63.3 Å². The van der Waals surface area contributed by atoms with E-state index in [0.29, 0.717) is 12.0 Å². The van der Waals surface area contributed by atoms with Gasteiger partial charge in [-0.05, 0) is 29.7 Å². The summed E-state index contributed by atoms with van der Waals surface area (Å²) in [4.78, 5) is 11.0. The van der Waals surface area contributed by atoms with E-state index in [4.69, 9.17) is 5.73 Å². The van der Waals surface area contributed by atoms with Crippen LogP contribution in [-0.2, 0) is 16.8 Å². The van der Waals surface area contributed by atoms with Gasteiger partial charge >= 0.3 is 0 Å². The Hall–Kier alpha value is -0.690. The van der Waals surface area contributed by atoms with Gasteiger partial charge in [-0.3, -0.25) is 4.79 Å². The predicted octanol–water partition coefficient (Wildman–Crippen LogP) is 1.25. The van der Waals surface area contributed by atoms with Crippen LogP contribution in [-0.4, -0.2) is 14.9 Å². The summed E-state index contributed by atoms with van der Waals surface area (Å²) in [5.41, 5.74) is 5.16. The number of nitrogens with two attached hydrogens (primary N) is 1. The molecule has 5 heteroatoms. The lowest BCUT2D eigenvalue weighted by Crippen LogP contribution is -2.36. The first-order valence-electron chi connectivity index (χ1n) is 4.87. The zero-order chi connectivity index (χ0) is 11.9. The van der Waals surface area contributed by atoms with E-state index in [1.165, 1.54) is 12.1 Å². The van der Waals surface area contributed by atoms with E-state index < -0.39 is 17.3 Å². The fourth-order valence-electron chi connectivity index (χ4n) is 2.13. The van der Waals surface area contributed by atoms with Crippen LogP contribution in [0.15, 0.2) is 18.2 Å². The Morgan fingerprint density at radius 3 is 3.00 bits per heavy atom. The molecule has 1 aromatic rings. The lowest BCUT2D eigenvalue weighted by molar-refractivity contribution is -0.122. The van der Waals surface area contributed by atoms with Crippen molar-refractivity contribution in [2.24, 2.45) is 5.73 Å². The Morgan fingerprint density at radius 1 is 1.69 bits per heavy atom. The number of benzene rings is 1. The third-order valence-electron chi connectivity index (χ3n) is 2.90. The van der Waals surface area contributed by atoms with Gasteiger partial charge in [-0.25, -0.2) is 4.39 Å². The highest BCUT2D eigenvalue weighted by atomic mass is 127. The number of hydrogen-bond donors (Lipinski definition) is 2. The van der Waals surface area contributed by atoms with Crippen LogP contribution in [0.5, 0.6) is 0 Å². The van der Waals surface area contributed by atoms with Crippen LogP contribution in [0.2, 0.25) is 0 Å². The highest BCUT2D eigenvalue weighted by Gasteiger charge is 2.45. The summed E-state index contributed by atoms with van der Waals surface area (Å²) in [6, 6.07) is 4.30. The molecule has 86 valence electrons. The van der Waals surface area contributed by atoms with Crippen LogP contribution < -0.4 is 5.73 Å². The van der Waals surface area contributed by atoms with Gasteiger partial charge in [0.25, 0.3) is 0 Å². The molecular formula is C11H11FINO2. The number of primary amides is 1. The maximum absolute atomic E-state index is 13.1. The van der Waals surface area contributed by atoms with Crippen LogP contribution in [0.25, 0.3) is 0 Å². The van der Waals surface area contributed by atoms with Gasteiger partial charge in [0.05, 0.1) is 6.42 Å². The van der Waals surface area contributed by atoms with Gasteiger partial charge in [-0.1, -0.05) is 28.7 Å². The molecule has 3 nitrogen and oxygen atoms in total. The van der Waals surface area contributed by atoms with E-state index in [1.54, 1.807) is 6.07 Å². The second kappa shape index (κ2) is 3.96. The fraction of sp³-hybridized carbons (Fsp3) is 0.364. The molecule has 1 aliphatic rings. The number of carbonyl (C=O) groups excluding carboxylic acids is 1. The molecular weight excluding hydrogens is 324 g/mol. The number of halogens is 2. The Balaban J connectivity index is 2.48. The van der Waals surface area contributed by atoms with E-state index in [9.17, 15) is 14.3 Å². The third-order valence-corrected chi connectivity index (χ3v) is 4.37. The van der Waals surface area contributed by atoms with Crippen LogP contribution in [0.1, 0.15) is 17.5 Å². The zero-order valence-electron chi connectivity index (χ0n) is 8.41. The summed E-state index contributed by atoms with van der Waals surface area (Å²) in [6.45, 7) is 0. The number of carbonyl (C=O) groups is 1. The van der Waals surface area contributed by atoms with Crippen molar-refractivity contribution in [1.82, 2.24) is 0 Å². The molecule has 1 amide bonds. The minimum Gasteiger partial charge on any atom is -0.383 e. The highest BCUT2D eigenvalue weighted by molar-refractivity contribution is 14.1. The summed E-state index contributed by atoms with van der Waals surface area (Å²) in [6.07, 6.45) is 0.455. The molecule has 0 fully saturated rings. The van der Waals surface area contributed by atoms with Crippen molar-refractivity contribution >= 4 is 28.5 Å². The van der Waals surface area contributed by atoms with Gasteiger partial charge < -0.3 is 10.8 Å². The first kappa shape index (κ1) is 11.8. The van der Waals surface area contributed by atoms with Crippen molar-refractivity contribution in [1.29, 1.82) is 0 Å². The summed E-state index contributed by atoms with van der Waals surface area (Å²) < 4.78 is 13.0. The summed E-state index contributed by atoms with van der Waals surface area (Å²) >= 11 is 2.07. The Morgan fingerprint density at radius 2 is 2.38 bits per heavy atom. The van der Waals surface area contributed by atoms with Crippen LogP contribution in [0, 0.1) is 5.82 Å². The van der Waals surface area contributed by atoms with Gasteiger partial charge in [0, 0.05) is 3.92 Å². The zero-order valence-corrected chi connectivity index (χ0v) is 10.6. The first-order chi connectivity index (χ1) is 7.43. The van der Waals surface area contributed by atoms with E-state index in [2.05, 4.69) is 22.6 Å². The predicted molar refractivity (Wildman–Crippen MR) is 65.6 cm³/mol. The highest BCUT2D eigenvalue weighted by Crippen LogP contribution is 2.43. The summed E-state index contributed by atoms with van der Waals surface area (Å²) in [5.74, 6) is -0.992. The summed E-state index contributed by atoms with van der Waals surface area (Å²) in [5, 5.41) is 10.4. The van der Waals surface area contributed by atoms with Gasteiger partial charge in [0.2, 0.25) is 5.91 Å². The molecule has 1 aliphatic carbocycles. The van der Waals surface area contributed by atoms with Crippen molar-refractivity contribution in [3.05, 3.63) is 35.1 Å². The monoisotopic (exact) mass is 335 g/mol. The molecule has 0 bridgehead atoms. The largest absolute Gasteiger partial charge is 0.383 e. The molecule has 2 atom stereocenters. The number of hydrogen-bond acceptors (Lipinski definition) is 2. The molecule has 2 rings (SSSR count). The number of aliphatic hydroxyl groups is 1. The average molecular weight is 335 g/mol. The number of amides is 1. The Kier molecular flexibility index (Phi) is 2.91. The van der Waals surface area contributed by atoms with Crippen LogP contribution in [0.3, 0.4) is 0 Å². The summed E-state index contributed by atoms with van der Waals surface area (Å²) in [7, 11) is 0. The van der Waals surface area contributed by atoms with E-state index in [0.717, 1.165) is 5.56 Å². The maximum atomic E-state index is 13.1. The van der Waals surface area contributed by atoms with Crippen molar-refractivity contribution in [2.75, 3.05) is 0 Å². The van der Waals surface area contributed by atoms with E-state index in [1.807, 2.05) is 0 Å². The minimum atomic E-state index is -1.33. The van der Waals surface area contributed by atoms with Crippen LogP contribution >= 0.6 is 22.6 Å². The molecule has 0 spiro atoms. The van der Waals surface area contributed by atoms with Crippen molar-refractivity contribution in [3.63, 3.8) is 0 Å². The third kappa shape index (κ3) is 1.82. The van der Waals surface area contributed by atoms with Gasteiger partial charge in [0.1, 0.15) is 11.4 Å². The number of rotatable bonds is 2. The van der Waals surface area contributed by atoms with E-state index in [-0.39, 0.29) is 10.3 Å². The first-order valence-corrected chi connectivity index (χ1v) is 6.11. The Labute approximate surface area is 106 Å². The lowest BCUT2D eigenvalue weighted by Gasteiger charge is -2.26.